The number of carbonyl (C=O) groups excluding carboxylic acids is 2. The first kappa shape index (κ1) is 15.3. The van der Waals surface area contributed by atoms with E-state index in [2.05, 4.69) is 0 Å². The Labute approximate surface area is 132 Å². The summed E-state index contributed by atoms with van der Waals surface area (Å²) in [6.07, 6.45) is 1.73. The molecular formula is C17H17NO5. The normalized spacial score (nSPS) is 13.0. The maximum atomic E-state index is 12.7. The van der Waals surface area contributed by atoms with Gasteiger partial charge in [-0.05, 0) is 31.4 Å². The highest BCUT2D eigenvalue weighted by Gasteiger charge is 2.22. The Bertz CT molecular complexity index is 894. The van der Waals surface area contributed by atoms with Gasteiger partial charge in [0, 0.05) is 37.5 Å². The zero-order chi connectivity index (χ0) is 16.7. The first-order valence-corrected chi connectivity index (χ1v) is 7.45. The van der Waals surface area contributed by atoms with E-state index in [4.69, 9.17) is 9.47 Å². The molecule has 1 aromatic heterocycles. The van der Waals surface area contributed by atoms with Crippen LogP contribution in [0.4, 0.5) is 0 Å². The Morgan fingerprint density at radius 2 is 1.83 bits per heavy atom. The molecule has 6 heteroatoms. The minimum atomic E-state index is -0.504. The second-order valence-corrected chi connectivity index (χ2v) is 5.66. The van der Waals surface area contributed by atoms with Crippen LogP contribution in [0.2, 0.25) is 0 Å². The quantitative estimate of drug-likeness (QED) is 0.627. The van der Waals surface area contributed by atoms with E-state index in [9.17, 15) is 14.4 Å². The number of ether oxygens (including phenoxy) is 2. The summed E-state index contributed by atoms with van der Waals surface area (Å²) in [4.78, 5) is 35.3. The summed E-state index contributed by atoms with van der Waals surface area (Å²) < 4.78 is 12.1. The van der Waals surface area contributed by atoms with E-state index in [1.807, 2.05) is 6.92 Å². The van der Waals surface area contributed by atoms with Crippen molar-refractivity contribution in [1.82, 2.24) is 4.57 Å². The summed E-state index contributed by atoms with van der Waals surface area (Å²) in [5.41, 5.74) is 1.74. The molecule has 0 saturated heterocycles. The van der Waals surface area contributed by atoms with Crippen molar-refractivity contribution in [2.75, 3.05) is 0 Å². The lowest BCUT2D eigenvalue weighted by atomic mass is 10.0. The van der Waals surface area contributed by atoms with Gasteiger partial charge in [0.05, 0.1) is 5.39 Å². The van der Waals surface area contributed by atoms with E-state index in [-0.39, 0.29) is 17.1 Å². The number of aromatic nitrogens is 1. The van der Waals surface area contributed by atoms with Gasteiger partial charge in [0.2, 0.25) is 0 Å². The van der Waals surface area contributed by atoms with Gasteiger partial charge in [-0.2, -0.15) is 0 Å². The van der Waals surface area contributed by atoms with E-state index < -0.39 is 11.9 Å². The predicted molar refractivity (Wildman–Crippen MR) is 83.9 cm³/mol. The van der Waals surface area contributed by atoms with Crippen molar-refractivity contribution in [2.24, 2.45) is 0 Å². The third-order valence-electron chi connectivity index (χ3n) is 4.00. The number of nitrogens with zero attached hydrogens (tertiary/aromatic N) is 1. The van der Waals surface area contributed by atoms with Crippen LogP contribution in [0.1, 0.15) is 31.5 Å². The Morgan fingerprint density at radius 1 is 1.13 bits per heavy atom. The molecule has 0 aliphatic carbocycles. The molecule has 0 N–H and O–H groups in total. The number of hydrogen-bond acceptors (Lipinski definition) is 5. The zero-order valence-electron chi connectivity index (χ0n) is 13.3. The Hall–Kier alpha value is -2.63. The largest absolute Gasteiger partial charge is 0.427 e. The highest BCUT2D eigenvalue weighted by Crippen LogP contribution is 2.35. The number of esters is 2. The molecule has 2 heterocycles. The van der Waals surface area contributed by atoms with Crippen LogP contribution < -0.4 is 15.0 Å². The van der Waals surface area contributed by atoms with Crippen LogP contribution >= 0.6 is 0 Å². The third-order valence-corrected chi connectivity index (χ3v) is 4.00. The SMILES string of the molecule is CC(=O)Oc1cc(OC(C)=O)c2c(C)c3n(c(=O)c2c1)CCC3. The maximum absolute atomic E-state index is 12.7. The van der Waals surface area contributed by atoms with Crippen LogP contribution in [0.5, 0.6) is 11.5 Å². The molecule has 0 saturated carbocycles. The maximum Gasteiger partial charge on any atom is 0.308 e. The van der Waals surface area contributed by atoms with Crippen LogP contribution in [0.3, 0.4) is 0 Å². The number of pyridine rings is 1. The van der Waals surface area contributed by atoms with Crippen LogP contribution in [0.25, 0.3) is 10.8 Å². The lowest BCUT2D eigenvalue weighted by molar-refractivity contribution is -0.132. The van der Waals surface area contributed by atoms with Gasteiger partial charge in [0.25, 0.3) is 5.56 Å². The van der Waals surface area contributed by atoms with E-state index in [0.29, 0.717) is 17.3 Å². The Kier molecular flexibility index (Phi) is 3.67. The van der Waals surface area contributed by atoms with Crippen molar-refractivity contribution in [1.29, 1.82) is 0 Å². The van der Waals surface area contributed by atoms with Gasteiger partial charge >= 0.3 is 11.9 Å². The van der Waals surface area contributed by atoms with Crippen molar-refractivity contribution in [3.05, 3.63) is 33.7 Å². The van der Waals surface area contributed by atoms with Gasteiger partial charge < -0.3 is 14.0 Å². The molecule has 3 rings (SSSR count). The van der Waals surface area contributed by atoms with Gasteiger partial charge in [-0.3, -0.25) is 14.4 Å². The van der Waals surface area contributed by atoms with Crippen LogP contribution in [0.15, 0.2) is 16.9 Å². The second-order valence-electron chi connectivity index (χ2n) is 5.66. The number of hydrogen-bond donors (Lipinski definition) is 0. The number of benzene rings is 1. The van der Waals surface area contributed by atoms with Crippen molar-refractivity contribution in [3.63, 3.8) is 0 Å². The van der Waals surface area contributed by atoms with Crippen LogP contribution in [-0.4, -0.2) is 16.5 Å². The third kappa shape index (κ3) is 2.60. The van der Waals surface area contributed by atoms with Gasteiger partial charge in [-0.25, -0.2) is 0 Å². The first-order valence-electron chi connectivity index (χ1n) is 7.45. The van der Waals surface area contributed by atoms with Gasteiger partial charge in [-0.1, -0.05) is 0 Å². The minimum absolute atomic E-state index is 0.152. The first-order chi connectivity index (χ1) is 10.9. The average Bonchev–Trinajstić information content (AvgIpc) is 2.92. The summed E-state index contributed by atoms with van der Waals surface area (Å²) in [5, 5.41) is 0.998. The highest BCUT2D eigenvalue weighted by molar-refractivity contribution is 5.94. The molecular weight excluding hydrogens is 298 g/mol. The predicted octanol–water partition coefficient (Wildman–Crippen LogP) is 2.11. The minimum Gasteiger partial charge on any atom is -0.427 e. The van der Waals surface area contributed by atoms with Gasteiger partial charge in [-0.15, -0.1) is 0 Å². The number of carbonyl (C=O) groups is 2. The lowest BCUT2D eigenvalue weighted by Gasteiger charge is -2.15. The Balaban J connectivity index is 2.37. The Morgan fingerprint density at radius 3 is 2.48 bits per heavy atom. The summed E-state index contributed by atoms with van der Waals surface area (Å²) >= 11 is 0. The fourth-order valence-corrected chi connectivity index (χ4v) is 3.18. The van der Waals surface area contributed by atoms with Crippen molar-refractivity contribution >= 4 is 22.7 Å². The standard InChI is InChI=1S/C17H17NO5/c1-9-14-5-4-6-18(14)17(21)13-7-12(22-10(2)19)8-15(16(9)13)23-11(3)20/h7-8H,4-6H2,1-3H3. The molecule has 2 aromatic rings. The fourth-order valence-electron chi connectivity index (χ4n) is 3.18. The molecule has 6 nitrogen and oxygen atoms in total. The molecule has 1 aromatic carbocycles. The number of aryl methyl sites for hydroxylation is 1. The molecule has 0 atom stereocenters. The van der Waals surface area contributed by atoms with Crippen molar-refractivity contribution in [2.45, 2.75) is 40.2 Å². The van der Waals surface area contributed by atoms with Gasteiger partial charge in [0.15, 0.2) is 0 Å². The number of fused-ring (bicyclic) bond motifs is 2. The summed E-state index contributed by atoms with van der Waals surface area (Å²) in [5.74, 6) is -0.560. The summed E-state index contributed by atoms with van der Waals surface area (Å²) in [7, 11) is 0. The molecule has 1 aliphatic rings. The molecule has 0 amide bonds. The van der Waals surface area contributed by atoms with Gasteiger partial charge in [0.1, 0.15) is 11.5 Å². The monoisotopic (exact) mass is 315 g/mol. The average molecular weight is 315 g/mol. The molecule has 1 aliphatic heterocycles. The van der Waals surface area contributed by atoms with E-state index in [0.717, 1.165) is 24.1 Å². The van der Waals surface area contributed by atoms with E-state index in [1.165, 1.54) is 26.0 Å². The van der Waals surface area contributed by atoms with Crippen molar-refractivity contribution < 1.29 is 19.1 Å². The molecule has 0 fully saturated rings. The molecule has 0 bridgehead atoms. The molecule has 0 unspecified atom stereocenters. The lowest BCUT2D eigenvalue weighted by Crippen LogP contribution is -2.21. The smallest absolute Gasteiger partial charge is 0.308 e. The highest BCUT2D eigenvalue weighted by atomic mass is 16.5. The molecule has 120 valence electrons. The fraction of sp³-hybridized carbons (Fsp3) is 0.353. The van der Waals surface area contributed by atoms with Crippen LogP contribution in [-0.2, 0) is 22.6 Å². The summed E-state index contributed by atoms with van der Waals surface area (Å²) in [6, 6.07) is 3.01. The molecule has 0 radical (unpaired) electrons. The summed E-state index contributed by atoms with van der Waals surface area (Å²) in [6.45, 7) is 5.15. The number of rotatable bonds is 2. The second kappa shape index (κ2) is 5.53. The topological polar surface area (TPSA) is 74.6 Å². The molecule has 23 heavy (non-hydrogen) atoms. The zero-order valence-corrected chi connectivity index (χ0v) is 13.3. The van der Waals surface area contributed by atoms with E-state index >= 15 is 0 Å². The molecule has 0 spiro atoms. The van der Waals surface area contributed by atoms with Crippen molar-refractivity contribution in [3.8, 4) is 11.5 Å². The van der Waals surface area contributed by atoms with Crippen LogP contribution in [0, 0.1) is 6.92 Å². The van der Waals surface area contributed by atoms with E-state index in [1.54, 1.807) is 4.57 Å².